The first-order valence-corrected chi connectivity index (χ1v) is 7.22. The molecule has 1 aromatic carbocycles. The Balaban J connectivity index is 2.47. The van der Waals surface area contributed by atoms with Gasteiger partial charge in [0.25, 0.3) is 0 Å². The molecule has 19 heavy (non-hydrogen) atoms. The number of aromatic nitrogens is 2. The Bertz CT molecular complexity index is 622. The van der Waals surface area contributed by atoms with Gasteiger partial charge in [-0.3, -0.25) is 9.00 Å². The van der Waals surface area contributed by atoms with Crippen molar-refractivity contribution in [2.75, 3.05) is 13.4 Å². The zero-order valence-electron chi connectivity index (χ0n) is 10.7. The number of carbonyl (C=O) groups excluding carboxylic acids is 1. The summed E-state index contributed by atoms with van der Waals surface area (Å²) in [5, 5.41) is 4.77. The first-order valence-electron chi connectivity index (χ1n) is 5.66. The van der Waals surface area contributed by atoms with E-state index in [1.165, 1.54) is 7.11 Å². The molecule has 2 aromatic rings. The molecule has 0 aliphatic carbocycles. The average molecular weight is 278 g/mol. The predicted molar refractivity (Wildman–Crippen MR) is 71.6 cm³/mol. The van der Waals surface area contributed by atoms with Crippen LogP contribution in [0.4, 0.5) is 0 Å². The smallest absolute Gasteiger partial charge is 0.310 e. The molecule has 5 nitrogen and oxygen atoms in total. The van der Waals surface area contributed by atoms with Gasteiger partial charge in [-0.1, -0.05) is 18.2 Å². The second-order valence-electron chi connectivity index (χ2n) is 3.92. The Kier molecular flexibility index (Phi) is 4.11. The molecular weight excluding hydrogens is 264 g/mol. The lowest BCUT2D eigenvalue weighted by molar-refractivity contribution is -0.139. The van der Waals surface area contributed by atoms with E-state index < -0.39 is 10.8 Å². The summed E-state index contributed by atoms with van der Waals surface area (Å²) in [6, 6.07) is 9.05. The first-order chi connectivity index (χ1) is 9.13. The van der Waals surface area contributed by atoms with Gasteiger partial charge in [-0.2, -0.15) is 5.10 Å². The summed E-state index contributed by atoms with van der Waals surface area (Å²) in [5.41, 5.74) is 1.52. The molecule has 0 bridgehead atoms. The fraction of sp³-hybridized carbons (Fsp3) is 0.231. The summed E-state index contributed by atoms with van der Waals surface area (Å²) in [7, 11) is 0.204. The summed E-state index contributed by atoms with van der Waals surface area (Å²) in [6.45, 7) is 0. The van der Waals surface area contributed by atoms with E-state index >= 15 is 0 Å². The third kappa shape index (κ3) is 2.90. The molecule has 0 amide bonds. The van der Waals surface area contributed by atoms with Crippen LogP contribution in [0.2, 0.25) is 0 Å². The maximum Gasteiger partial charge on any atom is 0.310 e. The molecule has 2 rings (SSSR count). The van der Waals surface area contributed by atoms with Crippen LogP contribution < -0.4 is 0 Å². The van der Waals surface area contributed by atoms with Crippen LogP contribution >= 0.6 is 0 Å². The molecule has 1 aromatic heterocycles. The van der Waals surface area contributed by atoms with Gasteiger partial charge >= 0.3 is 5.97 Å². The van der Waals surface area contributed by atoms with Crippen LogP contribution in [-0.2, 0) is 26.8 Å². The van der Waals surface area contributed by atoms with Crippen LogP contribution in [-0.4, -0.2) is 33.3 Å². The number of para-hydroxylation sites is 1. The second-order valence-corrected chi connectivity index (χ2v) is 5.24. The van der Waals surface area contributed by atoms with Crippen molar-refractivity contribution in [2.24, 2.45) is 0 Å². The van der Waals surface area contributed by atoms with Gasteiger partial charge in [0.15, 0.2) is 0 Å². The molecule has 0 unspecified atom stereocenters. The largest absolute Gasteiger partial charge is 0.469 e. The summed E-state index contributed by atoms with van der Waals surface area (Å²) >= 11 is 0. The van der Waals surface area contributed by atoms with Gasteiger partial charge in [0.05, 0.1) is 36.2 Å². The molecule has 0 fully saturated rings. The van der Waals surface area contributed by atoms with E-state index in [1.807, 2.05) is 24.3 Å². The molecule has 0 aliphatic rings. The third-order valence-electron chi connectivity index (χ3n) is 2.68. The third-order valence-corrected chi connectivity index (χ3v) is 3.58. The van der Waals surface area contributed by atoms with E-state index in [9.17, 15) is 9.00 Å². The van der Waals surface area contributed by atoms with E-state index in [2.05, 4.69) is 9.84 Å². The number of nitrogens with zero attached hydrogens (tertiary/aromatic N) is 2. The van der Waals surface area contributed by atoms with Crippen molar-refractivity contribution < 1.29 is 13.7 Å². The summed E-state index contributed by atoms with van der Waals surface area (Å²) < 4.78 is 17.9. The van der Waals surface area contributed by atoms with Gasteiger partial charge in [-0.25, -0.2) is 4.68 Å². The van der Waals surface area contributed by atoms with Crippen molar-refractivity contribution in [3.05, 3.63) is 42.1 Å². The van der Waals surface area contributed by atoms with E-state index in [-0.39, 0.29) is 12.4 Å². The van der Waals surface area contributed by atoms with Crippen molar-refractivity contribution in [1.29, 1.82) is 0 Å². The van der Waals surface area contributed by atoms with Crippen molar-refractivity contribution >= 4 is 16.8 Å². The minimum Gasteiger partial charge on any atom is -0.469 e. The fourth-order valence-corrected chi connectivity index (χ4v) is 2.43. The Labute approximate surface area is 113 Å². The molecule has 6 heteroatoms. The highest BCUT2D eigenvalue weighted by atomic mass is 32.2. The maximum absolute atomic E-state index is 11.6. The summed E-state index contributed by atoms with van der Waals surface area (Å²) in [5.74, 6) is -0.321. The molecule has 0 radical (unpaired) electrons. The number of esters is 1. The Morgan fingerprint density at radius 2 is 2.11 bits per heavy atom. The lowest BCUT2D eigenvalue weighted by atomic mass is 10.1. The highest BCUT2D eigenvalue weighted by Crippen LogP contribution is 2.18. The number of benzene rings is 1. The van der Waals surface area contributed by atoms with Crippen LogP contribution in [0.25, 0.3) is 5.69 Å². The van der Waals surface area contributed by atoms with Gasteiger partial charge in [-0.05, 0) is 17.7 Å². The quantitative estimate of drug-likeness (QED) is 0.791. The number of ether oxygens (including phenoxy) is 1. The average Bonchev–Trinajstić information content (AvgIpc) is 2.88. The molecule has 0 aliphatic heterocycles. The maximum atomic E-state index is 11.6. The van der Waals surface area contributed by atoms with Crippen LogP contribution in [0.1, 0.15) is 5.56 Å². The SMILES string of the molecule is COC(=O)Cc1ccccc1-n1nccc1[S@](C)=O. The van der Waals surface area contributed by atoms with Gasteiger partial charge < -0.3 is 4.74 Å². The topological polar surface area (TPSA) is 61.2 Å². The lowest BCUT2D eigenvalue weighted by Crippen LogP contribution is -2.10. The van der Waals surface area contributed by atoms with Gasteiger partial charge in [0.2, 0.25) is 0 Å². The van der Waals surface area contributed by atoms with Crippen molar-refractivity contribution in [3.8, 4) is 5.69 Å². The molecule has 0 saturated heterocycles. The van der Waals surface area contributed by atoms with E-state index in [1.54, 1.807) is 23.2 Å². The molecule has 1 heterocycles. The molecule has 1 atom stereocenters. The number of rotatable bonds is 4. The normalized spacial score (nSPS) is 12.1. The first kappa shape index (κ1) is 13.5. The Morgan fingerprint density at radius 3 is 2.79 bits per heavy atom. The predicted octanol–water partition coefficient (Wildman–Crippen LogP) is 1.33. The summed E-state index contributed by atoms with van der Waals surface area (Å²) in [6.07, 6.45) is 3.34. The van der Waals surface area contributed by atoms with Crippen LogP contribution in [0.3, 0.4) is 0 Å². The van der Waals surface area contributed by atoms with Crippen LogP contribution in [0, 0.1) is 0 Å². The Hall–Kier alpha value is -1.95. The molecule has 0 saturated carbocycles. The monoisotopic (exact) mass is 278 g/mol. The van der Waals surface area contributed by atoms with E-state index in [4.69, 9.17) is 0 Å². The molecule has 0 spiro atoms. The van der Waals surface area contributed by atoms with E-state index in [0.717, 1.165) is 11.3 Å². The number of hydrogen-bond acceptors (Lipinski definition) is 4. The van der Waals surface area contributed by atoms with Crippen LogP contribution in [0.15, 0.2) is 41.6 Å². The molecule has 0 N–H and O–H groups in total. The highest BCUT2D eigenvalue weighted by molar-refractivity contribution is 7.84. The lowest BCUT2D eigenvalue weighted by Gasteiger charge is -2.10. The number of methoxy groups -OCH3 is 1. The Morgan fingerprint density at radius 1 is 1.37 bits per heavy atom. The zero-order chi connectivity index (χ0) is 13.8. The van der Waals surface area contributed by atoms with Gasteiger partial charge in [-0.15, -0.1) is 0 Å². The van der Waals surface area contributed by atoms with Crippen molar-refractivity contribution in [2.45, 2.75) is 11.4 Å². The van der Waals surface area contributed by atoms with Crippen LogP contribution in [0.5, 0.6) is 0 Å². The highest BCUT2D eigenvalue weighted by Gasteiger charge is 2.13. The fourth-order valence-electron chi connectivity index (χ4n) is 1.78. The summed E-state index contributed by atoms with van der Waals surface area (Å²) in [4.78, 5) is 11.4. The van der Waals surface area contributed by atoms with E-state index in [0.29, 0.717) is 5.03 Å². The van der Waals surface area contributed by atoms with Crippen molar-refractivity contribution in [1.82, 2.24) is 9.78 Å². The number of carbonyl (C=O) groups is 1. The second kappa shape index (κ2) is 5.79. The molecule has 100 valence electrons. The standard InChI is InChI=1S/C13H14N2O3S/c1-18-13(16)9-10-5-3-4-6-11(10)15-12(19(2)17)7-8-14-15/h3-8H,9H2,1-2H3/t19-/m0/s1. The molecular formula is C13H14N2O3S. The van der Waals surface area contributed by atoms with Gasteiger partial charge in [0, 0.05) is 6.26 Å². The minimum absolute atomic E-state index is 0.155. The number of hydrogen-bond donors (Lipinski definition) is 0. The van der Waals surface area contributed by atoms with Gasteiger partial charge in [0.1, 0.15) is 5.03 Å². The van der Waals surface area contributed by atoms with Crippen molar-refractivity contribution in [3.63, 3.8) is 0 Å². The zero-order valence-corrected chi connectivity index (χ0v) is 11.5. The minimum atomic E-state index is -1.15.